The predicted molar refractivity (Wildman–Crippen MR) is 68.7 cm³/mol. The minimum atomic E-state index is -0.652. The van der Waals surface area contributed by atoms with E-state index in [9.17, 15) is 9.50 Å². The molecule has 0 saturated carbocycles. The lowest BCUT2D eigenvalue weighted by atomic mass is 10.2. The van der Waals surface area contributed by atoms with Crippen LogP contribution < -0.4 is 0 Å². The number of para-hydroxylation sites is 1. The Bertz CT molecular complexity index is 495. The Balaban J connectivity index is 2.16. The largest absolute Gasteiger partial charge is 0.455 e. The molecule has 1 aromatic carbocycles. The summed E-state index contributed by atoms with van der Waals surface area (Å²) in [7, 11) is 0. The van der Waals surface area contributed by atoms with Crippen LogP contribution in [0.25, 0.3) is 11.0 Å². The van der Waals surface area contributed by atoms with Crippen LogP contribution in [-0.4, -0.2) is 16.6 Å². The van der Waals surface area contributed by atoms with Crippen LogP contribution in [-0.2, 0) is 0 Å². The highest BCUT2D eigenvalue weighted by molar-refractivity contribution is 7.99. The standard InChI is InChI=1S/C13H15FO2S/c1-2-17-7-6-11(15)12-8-9-4-3-5-10(14)13(9)16-12/h3-5,8,11,15H,2,6-7H2,1H3. The normalized spacial score (nSPS) is 13.1. The van der Waals surface area contributed by atoms with Gasteiger partial charge in [-0.3, -0.25) is 0 Å². The highest BCUT2D eigenvalue weighted by Gasteiger charge is 2.14. The molecule has 4 heteroatoms. The predicted octanol–water partition coefficient (Wildman–Crippen LogP) is 3.75. The van der Waals surface area contributed by atoms with E-state index < -0.39 is 6.10 Å². The Morgan fingerprint density at radius 3 is 3.00 bits per heavy atom. The number of halogens is 1. The molecular weight excluding hydrogens is 239 g/mol. The first-order valence-corrected chi connectivity index (χ1v) is 6.81. The molecule has 0 radical (unpaired) electrons. The molecule has 0 spiro atoms. The minimum Gasteiger partial charge on any atom is -0.455 e. The summed E-state index contributed by atoms with van der Waals surface area (Å²) < 4.78 is 18.7. The molecule has 2 nitrogen and oxygen atoms in total. The van der Waals surface area contributed by atoms with Gasteiger partial charge in [0.1, 0.15) is 11.9 Å². The van der Waals surface area contributed by atoms with Gasteiger partial charge in [-0.1, -0.05) is 19.1 Å². The molecule has 0 aliphatic heterocycles. The van der Waals surface area contributed by atoms with Gasteiger partial charge in [0, 0.05) is 5.39 Å². The Morgan fingerprint density at radius 2 is 2.29 bits per heavy atom. The van der Waals surface area contributed by atoms with Gasteiger partial charge in [-0.05, 0) is 30.1 Å². The lowest BCUT2D eigenvalue weighted by Crippen LogP contribution is -1.97. The van der Waals surface area contributed by atoms with Crippen molar-refractivity contribution < 1.29 is 13.9 Å². The van der Waals surface area contributed by atoms with Gasteiger partial charge < -0.3 is 9.52 Å². The number of rotatable bonds is 5. The van der Waals surface area contributed by atoms with Crippen LogP contribution in [0.2, 0.25) is 0 Å². The van der Waals surface area contributed by atoms with E-state index in [4.69, 9.17) is 4.42 Å². The maximum atomic E-state index is 13.4. The Labute approximate surface area is 104 Å². The second-order valence-corrected chi connectivity index (χ2v) is 5.20. The van der Waals surface area contributed by atoms with Crippen molar-refractivity contribution in [3.05, 3.63) is 35.8 Å². The molecule has 1 unspecified atom stereocenters. The van der Waals surface area contributed by atoms with Crippen LogP contribution >= 0.6 is 11.8 Å². The maximum Gasteiger partial charge on any atom is 0.170 e. The summed E-state index contributed by atoms with van der Waals surface area (Å²) in [5, 5.41) is 10.6. The van der Waals surface area contributed by atoms with Crippen molar-refractivity contribution in [1.29, 1.82) is 0 Å². The first-order valence-electron chi connectivity index (χ1n) is 5.66. The van der Waals surface area contributed by atoms with Crippen LogP contribution in [0.15, 0.2) is 28.7 Å². The molecule has 2 aromatic rings. The Kier molecular flexibility index (Phi) is 4.07. The summed E-state index contributed by atoms with van der Waals surface area (Å²) in [5.74, 6) is 1.96. The summed E-state index contributed by atoms with van der Waals surface area (Å²) in [6.45, 7) is 2.08. The molecule has 1 heterocycles. The number of fused-ring (bicyclic) bond motifs is 1. The van der Waals surface area contributed by atoms with E-state index in [2.05, 4.69) is 6.92 Å². The molecule has 0 amide bonds. The van der Waals surface area contributed by atoms with Crippen molar-refractivity contribution in [2.75, 3.05) is 11.5 Å². The number of hydrogen-bond donors (Lipinski definition) is 1. The van der Waals surface area contributed by atoms with Gasteiger partial charge in [0.05, 0.1) is 0 Å². The molecule has 17 heavy (non-hydrogen) atoms. The highest BCUT2D eigenvalue weighted by Crippen LogP contribution is 2.28. The fourth-order valence-electron chi connectivity index (χ4n) is 1.69. The molecule has 0 aliphatic rings. The summed E-state index contributed by atoms with van der Waals surface area (Å²) in [6, 6.07) is 6.48. The second-order valence-electron chi connectivity index (χ2n) is 3.81. The number of aliphatic hydroxyl groups is 1. The molecule has 0 saturated heterocycles. The van der Waals surface area contributed by atoms with E-state index in [0.29, 0.717) is 17.6 Å². The lowest BCUT2D eigenvalue weighted by Gasteiger charge is -2.05. The fraction of sp³-hybridized carbons (Fsp3) is 0.385. The number of thioether (sulfide) groups is 1. The molecule has 1 aromatic heterocycles. The maximum absolute atomic E-state index is 13.4. The average molecular weight is 254 g/mol. The number of benzene rings is 1. The van der Waals surface area contributed by atoms with Crippen LogP contribution in [0.4, 0.5) is 4.39 Å². The third-order valence-corrected chi connectivity index (χ3v) is 3.52. The molecule has 1 atom stereocenters. The molecule has 1 N–H and O–H groups in total. The lowest BCUT2D eigenvalue weighted by molar-refractivity contribution is 0.149. The summed E-state index contributed by atoms with van der Waals surface area (Å²) >= 11 is 1.77. The average Bonchev–Trinajstić information content (AvgIpc) is 2.75. The zero-order valence-corrected chi connectivity index (χ0v) is 10.5. The van der Waals surface area contributed by atoms with Crippen LogP contribution in [0.3, 0.4) is 0 Å². The van der Waals surface area contributed by atoms with Gasteiger partial charge >= 0.3 is 0 Å². The van der Waals surface area contributed by atoms with Crippen LogP contribution in [0.1, 0.15) is 25.2 Å². The monoisotopic (exact) mass is 254 g/mol. The van der Waals surface area contributed by atoms with Crippen molar-refractivity contribution >= 4 is 22.7 Å². The van der Waals surface area contributed by atoms with Gasteiger partial charge in [0.2, 0.25) is 0 Å². The van der Waals surface area contributed by atoms with E-state index in [-0.39, 0.29) is 11.4 Å². The first-order chi connectivity index (χ1) is 8.22. The molecule has 0 bridgehead atoms. The summed E-state index contributed by atoms with van der Waals surface area (Å²) in [5.41, 5.74) is 0.227. The zero-order chi connectivity index (χ0) is 12.3. The number of hydrogen-bond acceptors (Lipinski definition) is 3. The zero-order valence-electron chi connectivity index (χ0n) is 9.65. The fourth-order valence-corrected chi connectivity index (χ4v) is 2.37. The van der Waals surface area contributed by atoms with Crippen molar-refractivity contribution in [3.63, 3.8) is 0 Å². The van der Waals surface area contributed by atoms with Gasteiger partial charge in [-0.2, -0.15) is 11.8 Å². The molecule has 2 rings (SSSR count). The van der Waals surface area contributed by atoms with Crippen molar-refractivity contribution in [2.24, 2.45) is 0 Å². The third-order valence-electron chi connectivity index (χ3n) is 2.58. The topological polar surface area (TPSA) is 33.4 Å². The Morgan fingerprint density at radius 1 is 1.47 bits per heavy atom. The summed E-state index contributed by atoms with van der Waals surface area (Å²) in [6.07, 6.45) is -0.0270. The third kappa shape index (κ3) is 2.82. The second kappa shape index (κ2) is 5.56. The van der Waals surface area contributed by atoms with Gasteiger partial charge in [-0.25, -0.2) is 4.39 Å². The molecular formula is C13H15FO2S. The van der Waals surface area contributed by atoms with E-state index in [0.717, 1.165) is 11.5 Å². The quantitative estimate of drug-likeness (QED) is 0.825. The first kappa shape index (κ1) is 12.5. The van der Waals surface area contributed by atoms with Gasteiger partial charge in [0.25, 0.3) is 0 Å². The van der Waals surface area contributed by atoms with Crippen molar-refractivity contribution in [1.82, 2.24) is 0 Å². The molecule has 0 aliphatic carbocycles. The van der Waals surface area contributed by atoms with E-state index >= 15 is 0 Å². The van der Waals surface area contributed by atoms with Crippen LogP contribution in [0.5, 0.6) is 0 Å². The van der Waals surface area contributed by atoms with Crippen molar-refractivity contribution in [3.8, 4) is 0 Å². The molecule has 92 valence electrons. The number of furan rings is 1. The van der Waals surface area contributed by atoms with E-state index in [1.165, 1.54) is 6.07 Å². The minimum absolute atomic E-state index is 0.227. The highest BCUT2D eigenvalue weighted by atomic mass is 32.2. The summed E-state index contributed by atoms with van der Waals surface area (Å²) in [4.78, 5) is 0. The van der Waals surface area contributed by atoms with Crippen molar-refractivity contribution in [2.45, 2.75) is 19.4 Å². The van der Waals surface area contributed by atoms with Crippen LogP contribution in [0, 0.1) is 5.82 Å². The smallest absolute Gasteiger partial charge is 0.170 e. The Hall–Kier alpha value is -1.00. The number of aliphatic hydroxyl groups excluding tert-OH is 1. The molecule has 0 fully saturated rings. The van der Waals surface area contributed by atoms with Gasteiger partial charge in [-0.15, -0.1) is 0 Å². The van der Waals surface area contributed by atoms with Gasteiger partial charge in [0.15, 0.2) is 11.4 Å². The van der Waals surface area contributed by atoms with E-state index in [1.54, 1.807) is 30.0 Å². The SMILES string of the molecule is CCSCCC(O)c1cc2cccc(F)c2o1. The van der Waals surface area contributed by atoms with E-state index in [1.807, 2.05) is 0 Å².